The first-order valence-electron chi connectivity index (χ1n) is 8.90. The summed E-state index contributed by atoms with van der Waals surface area (Å²) in [6, 6.07) is 18.6. The summed E-state index contributed by atoms with van der Waals surface area (Å²) < 4.78 is 4.92. The summed E-state index contributed by atoms with van der Waals surface area (Å²) in [5.74, 6) is -1.37. The van der Waals surface area contributed by atoms with Crippen LogP contribution >= 0.6 is 0 Å². The zero-order valence-corrected chi connectivity index (χ0v) is 14.9. The third-order valence-electron chi connectivity index (χ3n) is 4.66. The van der Waals surface area contributed by atoms with Gasteiger partial charge in [-0.25, -0.2) is 0 Å². The number of amides is 2. The predicted molar refractivity (Wildman–Crippen MR) is 100 cm³/mol. The second kappa shape index (κ2) is 8.49. The molecule has 0 radical (unpaired) electrons. The number of carbonyl (C=O) groups is 3. The number of rotatable bonds is 8. The predicted octanol–water partition coefficient (Wildman–Crippen LogP) is 1.81. The van der Waals surface area contributed by atoms with Gasteiger partial charge >= 0.3 is 5.97 Å². The minimum Gasteiger partial charge on any atom is -0.454 e. The average molecular weight is 366 g/mol. The Balaban J connectivity index is 1.36. The number of hydrogen-bond donors (Lipinski definition) is 2. The second-order valence-corrected chi connectivity index (χ2v) is 6.63. The van der Waals surface area contributed by atoms with Gasteiger partial charge in [-0.1, -0.05) is 48.5 Å². The van der Waals surface area contributed by atoms with Gasteiger partial charge in [-0.2, -0.15) is 0 Å². The fourth-order valence-electron chi connectivity index (χ4n) is 2.87. The molecule has 0 unspecified atom stereocenters. The third kappa shape index (κ3) is 5.17. The molecule has 0 saturated heterocycles. The van der Waals surface area contributed by atoms with Gasteiger partial charge in [0.05, 0.1) is 0 Å². The fourth-order valence-corrected chi connectivity index (χ4v) is 2.87. The Bertz CT molecular complexity index is 801. The molecule has 6 heteroatoms. The Morgan fingerprint density at radius 2 is 1.52 bits per heavy atom. The quantitative estimate of drug-likeness (QED) is 0.698. The highest BCUT2D eigenvalue weighted by Crippen LogP contribution is 2.47. The van der Waals surface area contributed by atoms with Crippen molar-refractivity contribution in [2.75, 3.05) is 19.7 Å². The highest BCUT2D eigenvalue weighted by molar-refractivity contribution is 5.96. The minimum atomic E-state index is -0.654. The number of benzene rings is 2. The van der Waals surface area contributed by atoms with Gasteiger partial charge in [0.2, 0.25) is 0 Å². The number of hydrogen-bond acceptors (Lipinski definition) is 4. The average Bonchev–Trinajstić information content (AvgIpc) is 3.51. The van der Waals surface area contributed by atoms with E-state index in [4.69, 9.17) is 4.74 Å². The van der Waals surface area contributed by atoms with Crippen LogP contribution in [0.1, 0.15) is 28.8 Å². The van der Waals surface area contributed by atoms with Gasteiger partial charge in [0.25, 0.3) is 11.8 Å². The molecule has 0 bridgehead atoms. The molecule has 1 fully saturated rings. The summed E-state index contributed by atoms with van der Waals surface area (Å²) >= 11 is 0. The minimum absolute atomic E-state index is 0.00455. The molecule has 1 saturated carbocycles. The van der Waals surface area contributed by atoms with E-state index in [9.17, 15) is 14.4 Å². The van der Waals surface area contributed by atoms with Gasteiger partial charge in [0.15, 0.2) is 6.61 Å². The molecule has 1 aliphatic carbocycles. The van der Waals surface area contributed by atoms with Crippen LogP contribution in [0.3, 0.4) is 0 Å². The Morgan fingerprint density at radius 1 is 0.889 bits per heavy atom. The lowest BCUT2D eigenvalue weighted by molar-refractivity contribution is -0.147. The molecule has 0 heterocycles. The molecule has 2 N–H and O–H groups in total. The van der Waals surface area contributed by atoms with Crippen molar-refractivity contribution < 1.29 is 19.1 Å². The van der Waals surface area contributed by atoms with Crippen molar-refractivity contribution in [2.24, 2.45) is 0 Å². The molecule has 140 valence electrons. The lowest BCUT2D eigenvalue weighted by Crippen LogP contribution is -2.37. The van der Waals surface area contributed by atoms with Crippen LogP contribution in [-0.2, 0) is 19.7 Å². The summed E-state index contributed by atoms with van der Waals surface area (Å²) in [6.07, 6.45) is 2.06. The maximum Gasteiger partial charge on any atom is 0.325 e. The maximum absolute atomic E-state index is 11.9. The first kappa shape index (κ1) is 18.6. The van der Waals surface area contributed by atoms with Crippen LogP contribution in [-0.4, -0.2) is 37.5 Å². The molecule has 0 aliphatic heterocycles. The van der Waals surface area contributed by atoms with E-state index in [1.165, 1.54) is 5.56 Å². The molecule has 0 aromatic heterocycles. The Kier molecular flexibility index (Phi) is 5.86. The molecule has 6 nitrogen and oxygen atoms in total. The van der Waals surface area contributed by atoms with Gasteiger partial charge < -0.3 is 15.4 Å². The van der Waals surface area contributed by atoms with Crippen LogP contribution in [0.25, 0.3) is 0 Å². The number of nitrogens with one attached hydrogen (secondary N) is 2. The van der Waals surface area contributed by atoms with Crippen LogP contribution in [0.15, 0.2) is 60.7 Å². The Labute approximate surface area is 157 Å². The maximum atomic E-state index is 11.9. The van der Waals surface area contributed by atoms with Gasteiger partial charge in [0, 0.05) is 17.5 Å². The first-order chi connectivity index (χ1) is 13.1. The van der Waals surface area contributed by atoms with Crippen LogP contribution in [0, 0.1) is 0 Å². The lowest BCUT2D eigenvalue weighted by atomic mass is 9.96. The van der Waals surface area contributed by atoms with Crippen molar-refractivity contribution in [1.82, 2.24) is 10.6 Å². The van der Waals surface area contributed by atoms with Gasteiger partial charge in [-0.05, 0) is 30.5 Å². The van der Waals surface area contributed by atoms with E-state index < -0.39 is 5.97 Å². The fraction of sp³-hybridized carbons (Fsp3) is 0.286. The zero-order chi connectivity index (χ0) is 19.1. The molecule has 0 spiro atoms. The van der Waals surface area contributed by atoms with E-state index in [1.54, 1.807) is 30.3 Å². The second-order valence-electron chi connectivity index (χ2n) is 6.63. The van der Waals surface area contributed by atoms with E-state index in [-0.39, 0.29) is 30.4 Å². The molecule has 1 aliphatic rings. The normalized spacial score (nSPS) is 14.1. The van der Waals surface area contributed by atoms with Crippen LogP contribution in [0.2, 0.25) is 0 Å². The first-order valence-corrected chi connectivity index (χ1v) is 8.90. The van der Waals surface area contributed by atoms with Gasteiger partial charge in [0.1, 0.15) is 6.54 Å². The standard InChI is InChI=1S/C21H22N2O4/c24-18(23-15-21(11-12-21)17-9-5-2-6-10-17)14-27-19(25)13-22-20(26)16-7-3-1-4-8-16/h1-10H,11-15H2,(H,22,26)(H,23,24). The molecule has 2 amide bonds. The van der Waals surface area contributed by atoms with E-state index in [0.29, 0.717) is 12.1 Å². The van der Waals surface area contributed by atoms with Crippen LogP contribution < -0.4 is 10.6 Å². The molecular formula is C21H22N2O4. The molecular weight excluding hydrogens is 344 g/mol. The van der Waals surface area contributed by atoms with E-state index in [2.05, 4.69) is 22.8 Å². The van der Waals surface area contributed by atoms with Crippen molar-refractivity contribution >= 4 is 17.8 Å². The topological polar surface area (TPSA) is 84.5 Å². The number of carbonyl (C=O) groups excluding carboxylic acids is 3. The van der Waals surface area contributed by atoms with Crippen LogP contribution in [0.4, 0.5) is 0 Å². The van der Waals surface area contributed by atoms with Gasteiger partial charge in [-0.3, -0.25) is 14.4 Å². The molecule has 27 heavy (non-hydrogen) atoms. The molecule has 0 atom stereocenters. The summed E-state index contributed by atoms with van der Waals surface area (Å²) in [6.45, 7) is -0.113. The van der Waals surface area contributed by atoms with Gasteiger partial charge in [-0.15, -0.1) is 0 Å². The molecule has 2 aromatic carbocycles. The summed E-state index contributed by atoms with van der Waals surface area (Å²) in [7, 11) is 0. The largest absolute Gasteiger partial charge is 0.454 e. The van der Waals surface area contributed by atoms with Crippen molar-refractivity contribution in [3.8, 4) is 0 Å². The molecule has 2 aromatic rings. The lowest BCUT2D eigenvalue weighted by Gasteiger charge is -2.16. The van der Waals surface area contributed by atoms with Crippen molar-refractivity contribution in [1.29, 1.82) is 0 Å². The van der Waals surface area contributed by atoms with E-state index >= 15 is 0 Å². The smallest absolute Gasteiger partial charge is 0.325 e. The summed E-state index contributed by atoms with van der Waals surface area (Å²) in [5.41, 5.74) is 1.68. The highest BCUT2D eigenvalue weighted by atomic mass is 16.5. The highest BCUT2D eigenvalue weighted by Gasteiger charge is 2.44. The van der Waals surface area contributed by atoms with Crippen molar-refractivity contribution in [3.63, 3.8) is 0 Å². The summed E-state index contributed by atoms with van der Waals surface area (Å²) in [5, 5.41) is 5.29. The monoisotopic (exact) mass is 366 g/mol. The zero-order valence-electron chi connectivity index (χ0n) is 14.9. The summed E-state index contributed by atoms with van der Waals surface area (Å²) in [4.78, 5) is 35.5. The number of ether oxygens (including phenoxy) is 1. The van der Waals surface area contributed by atoms with E-state index in [1.807, 2.05) is 18.2 Å². The number of esters is 1. The third-order valence-corrected chi connectivity index (χ3v) is 4.66. The van der Waals surface area contributed by atoms with Crippen LogP contribution in [0.5, 0.6) is 0 Å². The van der Waals surface area contributed by atoms with Crippen molar-refractivity contribution in [2.45, 2.75) is 18.3 Å². The SMILES string of the molecule is O=C(COC(=O)CNC(=O)c1ccccc1)NCC1(c2ccccc2)CC1. The Morgan fingerprint density at radius 3 is 2.15 bits per heavy atom. The molecule has 3 rings (SSSR count). The Hall–Kier alpha value is -3.15. The van der Waals surface area contributed by atoms with E-state index in [0.717, 1.165) is 12.8 Å². The van der Waals surface area contributed by atoms with Crippen molar-refractivity contribution in [3.05, 3.63) is 71.8 Å².